The van der Waals surface area contributed by atoms with Crippen LogP contribution in [0.4, 0.5) is 5.82 Å². The molecular formula is C25H39N5O3. The van der Waals surface area contributed by atoms with E-state index in [0.29, 0.717) is 25.1 Å². The van der Waals surface area contributed by atoms with Gasteiger partial charge >= 0.3 is 6.01 Å². The number of morpholine rings is 2. The monoisotopic (exact) mass is 457 g/mol. The standard InChI is InChI=1S/C25H39N5O3/c1-2-6-22-20(4-1)5-3-7-23(22)26-19-21-18-24(30-11-15-32-16-12-30)28-25(27-21)33-17-10-29-8-13-31-14-9-29/h18,20,22H,1-17,19H2/t20-,22+/m1/s1. The van der Waals surface area contributed by atoms with Crippen molar-refractivity contribution >= 4 is 11.5 Å². The summed E-state index contributed by atoms with van der Waals surface area (Å²) in [6.45, 7) is 8.77. The van der Waals surface area contributed by atoms with Crippen LogP contribution in [-0.2, 0) is 16.0 Å². The molecule has 5 rings (SSSR count). The highest BCUT2D eigenvalue weighted by Crippen LogP contribution is 2.39. The fourth-order valence-corrected chi connectivity index (χ4v) is 5.75. The molecule has 1 aromatic heterocycles. The number of ether oxygens (including phenoxy) is 3. The predicted molar refractivity (Wildman–Crippen MR) is 128 cm³/mol. The summed E-state index contributed by atoms with van der Waals surface area (Å²) in [6, 6.07) is 2.58. The maximum atomic E-state index is 6.05. The highest BCUT2D eigenvalue weighted by Gasteiger charge is 2.31. The fraction of sp³-hybridized carbons (Fsp3) is 0.800. The molecule has 0 amide bonds. The van der Waals surface area contributed by atoms with E-state index in [4.69, 9.17) is 29.2 Å². The van der Waals surface area contributed by atoms with E-state index in [0.717, 1.165) is 83.0 Å². The SMILES string of the molecule is c1c(CN=C2CCC[C@H]3CCCC[C@H]23)nc(OCCN2CCOCC2)nc1N1CCOCC1. The normalized spacial score (nSPS) is 28.0. The molecule has 2 saturated heterocycles. The minimum Gasteiger partial charge on any atom is -0.462 e. The number of fused-ring (bicyclic) bond motifs is 1. The summed E-state index contributed by atoms with van der Waals surface area (Å²) >= 11 is 0. The Balaban J connectivity index is 1.28. The van der Waals surface area contributed by atoms with Crippen LogP contribution in [0, 0.1) is 11.8 Å². The van der Waals surface area contributed by atoms with Gasteiger partial charge in [0.1, 0.15) is 12.4 Å². The van der Waals surface area contributed by atoms with Crippen LogP contribution in [0.5, 0.6) is 6.01 Å². The lowest BCUT2D eigenvalue weighted by atomic mass is 9.70. The van der Waals surface area contributed by atoms with Gasteiger partial charge in [0.2, 0.25) is 0 Å². The summed E-state index contributed by atoms with van der Waals surface area (Å²) in [4.78, 5) is 19.3. The lowest BCUT2D eigenvalue weighted by molar-refractivity contribution is 0.0317. The molecule has 2 aliphatic carbocycles. The summed E-state index contributed by atoms with van der Waals surface area (Å²) in [5, 5.41) is 0. The maximum Gasteiger partial charge on any atom is 0.318 e. The Kier molecular flexibility index (Phi) is 8.07. The van der Waals surface area contributed by atoms with Crippen molar-refractivity contribution in [2.75, 3.05) is 70.7 Å². The molecule has 0 aromatic carbocycles. The van der Waals surface area contributed by atoms with Crippen LogP contribution in [0.15, 0.2) is 11.1 Å². The molecule has 0 N–H and O–H groups in total. The van der Waals surface area contributed by atoms with E-state index in [9.17, 15) is 0 Å². The van der Waals surface area contributed by atoms with E-state index < -0.39 is 0 Å². The van der Waals surface area contributed by atoms with Crippen molar-refractivity contribution in [3.8, 4) is 6.01 Å². The zero-order valence-corrected chi connectivity index (χ0v) is 19.9. The van der Waals surface area contributed by atoms with Gasteiger partial charge in [-0.3, -0.25) is 9.89 Å². The van der Waals surface area contributed by atoms with Gasteiger partial charge < -0.3 is 19.1 Å². The van der Waals surface area contributed by atoms with Crippen molar-refractivity contribution in [3.63, 3.8) is 0 Å². The van der Waals surface area contributed by atoms with Gasteiger partial charge in [-0.2, -0.15) is 9.97 Å². The Morgan fingerprint density at radius 1 is 0.939 bits per heavy atom. The number of rotatable bonds is 7. The molecule has 0 bridgehead atoms. The van der Waals surface area contributed by atoms with E-state index in [1.165, 1.54) is 44.2 Å². The smallest absolute Gasteiger partial charge is 0.318 e. The number of aliphatic imine (C=N–C) groups is 1. The second kappa shape index (κ2) is 11.6. The Morgan fingerprint density at radius 3 is 2.55 bits per heavy atom. The number of hydrogen-bond acceptors (Lipinski definition) is 8. The quantitative estimate of drug-likeness (QED) is 0.623. The highest BCUT2D eigenvalue weighted by atomic mass is 16.5. The second-order valence-corrected chi connectivity index (χ2v) is 9.75. The lowest BCUT2D eigenvalue weighted by Crippen LogP contribution is -2.39. The van der Waals surface area contributed by atoms with E-state index in [1.807, 2.05) is 0 Å². The highest BCUT2D eigenvalue weighted by molar-refractivity contribution is 5.87. The molecular weight excluding hydrogens is 418 g/mol. The van der Waals surface area contributed by atoms with Crippen molar-refractivity contribution < 1.29 is 14.2 Å². The molecule has 4 fully saturated rings. The van der Waals surface area contributed by atoms with Gasteiger partial charge in [0, 0.05) is 44.5 Å². The van der Waals surface area contributed by atoms with Crippen molar-refractivity contribution in [1.29, 1.82) is 0 Å². The van der Waals surface area contributed by atoms with E-state index in [1.54, 1.807) is 0 Å². The average molecular weight is 458 g/mol. The van der Waals surface area contributed by atoms with Gasteiger partial charge in [-0.15, -0.1) is 0 Å². The van der Waals surface area contributed by atoms with Crippen molar-refractivity contribution in [3.05, 3.63) is 11.8 Å². The minimum absolute atomic E-state index is 0.474. The summed E-state index contributed by atoms with van der Waals surface area (Å²) in [7, 11) is 0. The molecule has 0 spiro atoms. The predicted octanol–water partition coefficient (Wildman–Crippen LogP) is 2.96. The van der Waals surface area contributed by atoms with Crippen molar-refractivity contribution in [2.24, 2.45) is 16.8 Å². The van der Waals surface area contributed by atoms with Crippen LogP contribution in [0.2, 0.25) is 0 Å². The molecule has 0 radical (unpaired) electrons. The van der Waals surface area contributed by atoms with Crippen LogP contribution >= 0.6 is 0 Å². The molecule has 8 heteroatoms. The van der Waals surface area contributed by atoms with Crippen LogP contribution in [0.3, 0.4) is 0 Å². The van der Waals surface area contributed by atoms with Crippen LogP contribution in [-0.4, -0.2) is 86.3 Å². The van der Waals surface area contributed by atoms with Crippen molar-refractivity contribution in [1.82, 2.24) is 14.9 Å². The molecule has 8 nitrogen and oxygen atoms in total. The summed E-state index contributed by atoms with van der Waals surface area (Å²) in [5.41, 5.74) is 2.39. The zero-order chi connectivity index (χ0) is 22.3. The molecule has 4 aliphatic rings. The largest absolute Gasteiger partial charge is 0.462 e. The van der Waals surface area contributed by atoms with Crippen LogP contribution in [0.1, 0.15) is 50.6 Å². The average Bonchev–Trinajstić information content (AvgIpc) is 2.88. The molecule has 2 aliphatic heterocycles. The van der Waals surface area contributed by atoms with Gasteiger partial charge in [0.15, 0.2) is 0 Å². The van der Waals surface area contributed by atoms with Crippen LogP contribution in [0.25, 0.3) is 0 Å². The number of anilines is 1. The van der Waals surface area contributed by atoms with Gasteiger partial charge in [-0.05, 0) is 43.9 Å². The minimum atomic E-state index is 0.474. The first-order valence-corrected chi connectivity index (χ1v) is 13.0. The Labute approximate surface area is 197 Å². The number of hydrogen-bond donors (Lipinski definition) is 0. The third-order valence-electron chi connectivity index (χ3n) is 7.61. The van der Waals surface area contributed by atoms with Gasteiger partial charge in [-0.25, -0.2) is 0 Å². The summed E-state index contributed by atoms with van der Waals surface area (Å²) in [6.07, 6.45) is 9.30. The second-order valence-electron chi connectivity index (χ2n) is 9.75. The van der Waals surface area contributed by atoms with E-state index >= 15 is 0 Å². The number of aromatic nitrogens is 2. The Morgan fingerprint density at radius 2 is 1.70 bits per heavy atom. The molecule has 3 heterocycles. The first kappa shape index (κ1) is 23.0. The van der Waals surface area contributed by atoms with E-state index in [-0.39, 0.29) is 0 Å². The first-order valence-electron chi connectivity index (χ1n) is 13.0. The number of nitrogens with zero attached hydrogens (tertiary/aromatic N) is 5. The van der Waals surface area contributed by atoms with Gasteiger partial charge in [0.05, 0.1) is 38.7 Å². The van der Waals surface area contributed by atoms with Gasteiger partial charge in [0.25, 0.3) is 0 Å². The molecule has 2 atom stereocenters. The molecule has 1 aromatic rings. The summed E-state index contributed by atoms with van der Waals surface area (Å²) < 4.78 is 17.0. The molecule has 2 saturated carbocycles. The summed E-state index contributed by atoms with van der Waals surface area (Å²) in [5.74, 6) is 2.50. The zero-order valence-electron chi connectivity index (χ0n) is 19.9. The fourth-order valence-electron chi connectivity index (χ4n) is 5.75. The maximum absolute atomic E-state index is 6.05. The van der Waals surface area contributed by atoms with Gasteiger partial charge in [-0.1, -0.05) is 12.8 Å². The topological polar surface area (TPSA) is 72.3 Å². The van der Waals surface area contributed by atoms with E-state index in [2.05, 4.69) is 15.9 Å². The molecule has 0 unspecified atom stereocenters. The Hall–Kier alpha value is -1.77. The van der Waals surface area contributed by atoms with Crippen molar-refractivity contribution in [2.45, 2.75) is 51.5 Å². The first-order chi connectivity index (χ1) is 16.3. The molecule has 182 valence electrons. The third-order valence-corrected chi connectivity index (χ3v) is 7.61. The van der Waals surface area contributed by atoms with Crippen LogP contribution < -0.4 is 9.64 Å². The Bertz CT molecular complexity index is 790. The molecule has 33 heavy (non-hydrogen) atoms. The lowest BCUT2D eigenvalue weighted by Gasteiger charge is -2.36. The third kappa shape index (κ3) is 6.22.